The normalized spacial score (nSPS) is 13.4. The van der Waals surface area contributed by atoms with Gasteiger partial charge in [0.1, 0.15) is 11.1 Å². The maximum absolute atomic E-state index is 12.5. The number of aliphatic carboxylic acids is 2. The summed E-state index contributed by atoms with van der Waals surface area (Å²) in [6.45, 7) is 1.44. The van der Waals surface area contributed by atoms with Crippen LogP contribution in [0.1, 0.15) is 24.1 Å². The van der Waals surface area contributed by atoms with E-state index in [1.54, 1.807) is 6.07 Å². The monoisotopic (exact) mass is 565 g/mol. The number of aryl methyl sites for hydroxylation is 2. The van der Waals surface area contributed by atoms with Crippen molar-refractivity contribution in [1.82, 2.24) is 14.5 Å². The third-order valence-electron chi connectivity index (χ3n) is 5.65. The van der Waals surface area contributed by atoms with Gasteiger partial charge in [-0.05, 0) is 55.2 Å². The fourth-order valence-corrected chi connectivity index (χ4v) is 3.94. The number of hydrogen-bond acceptors (Lipinski definition) is 8. The molecule has 39 heavy (non-hydrogen) atoms. The molecule has 0 saturated carbocycles. The molecule has 1 atom stereocenters. The van der Waals surface area contributed by atoms with E-state index in [1.165, 1.54) is 13.1 Å². The lowest BCUT2D eigenvalue weighted by atomic mass is 10.0. The molecule has 4 aromatic rings. The first kappa shape index (κ1) is 27.4. The van der Waals surface area contributed by atoms with Gasteiger partial charge in [-0.2, -0.15) is 18.2 Å². The average Bonchev–Trinajstić information content (AvgIpc) is 3.19. The number of oxazole rings is 1. The number of rotatable bonds is 2. The van der Waals surface area contributed by atoms with Crippen LogP contribution in [0.25, 0.3) is 11.1 Å². The van der Waals surface area contributed by atoms with Gasteiger partial charge in [0.05, 0.1) is 11.7 Å². The Kier molecular flexibility index (Phi) is 7.49. The molecule has 204 valence electrons. The van der Waals surface area contributed by atoms with Crippen LogP contribution in [0.4, 0.5) is 36.3 Å². The summed E-state index contributed by atoms with van der Waals surface area (Å²) in [6, 6.07) is 10.3. The maximum Gasteiger partial charge on any atom is 0.490 e. The third-order valence-corrected chi connectivity index (χ3v) is 5.93. The summed E-state index contributed by atoms with van der Waals surface area (Å²) in [5.74, 6) is -3.87. The molecule has 6 bridgehead atoms. The Bertz CT molecular complexity index is 1640. The van der Waals surface area contributed by atoms with Crippen LogP contribution in [-0.4, -0.2) is 42.9 Å². The molecule has 15 heteroatoms. The van der Waals surface area contributed by atoms with Crippen molar-refractivity contribution >= 4 is 57.8 Å². The van der Waals surface area contributed by atoms with Crippen molar-refractivity contribution in [2.45, 2.75) is 32.0 Å². The molecule has 2 aromatic carbocycles. The van der Waals surface area contributed by atoms with Gasteiger partial charge in [-0.3, -0.25) is 4.57 Å². The van der Waals surface area contributed by atoms with E-state index in [0.717, 1.165) is 21.4 Å². The molecule has 1 aliphatic heterocycles. The summed E-state index contributed by atoms with van der Waals surface area (Å²) in [5.41, 5.74) is 4.01. The number of benzene rings is 2. The number of aromatic nitrogens is 3. The summed E-state index contributed by atoms with van der Waals surface area (Å²) in [6.07, 6.45) is -2.35. The van der Waals surface area contributed by atoms with Crippen molar-refractivity contribution in [1.29, 1.82) is 0 Å². The topological polar surface area (TPSA) is 160 Å². The Hall–Kier alpha value is -4.59. The molecule has 3 heterocycles. The number of carbonyl (C=O) groups is 2. The highest BCUT2D eigenvalue weighted by Crippen LogP contribution is 2.31. The van der Waals surface area contributed by atoms with E-state index in [1.807, 2.05) is 30.3 Å². The second-order valence-corrected chi connectivity index (χ2v) is 8.79. The van der Waals surface area contributed by atoms with Gasteiger partial charge in [-0.1, -0.05) is 23.7 Å². The fourth-order valence-electron chi connectivity index (χ4n) is 3.80. The Labute approximate surface area is 221 Å². The Morgan fingerprint density at radius 2 is 1.85 bits per heavy atom. The maximum atomic E-state index is 12.5. The lowest BCUT2D eigenvalue weighted by Crippen LogP contribution is -2.24. The summed E-state index contributed by atoms with van der Waals surface area (Å²) in [5, 5.41) is 23.3. The first-order valence-corrected chi connectivity index (χ1v) is 11.6. The summed E-state index contributed by atoms with van der Waals surface area (Å²) < 4.78 is 38.4. The van der Waals surface area contributed by atoms with Crippen LogP contribution in [0.15, 0.2) is 51.8 Å². The fraction of sp³-hybridized carbons (Fsp3) is 0.208. The van der Waals surface area contributed by atoms with Crippen molar-refractivity contribution in [2.75, 3.05) is 10.6 Å². The molecule has 2 aromatic heterocycles. The second kappa shape index (κ2) is 10.6. The number of nitrogens with one attached hydrogen (secondary N) is 2. The molecule has 1 unspecified atom stereocenters. The number of alkyl halides is 3. The largest absolute Gasteiger partial charge is 0.490 e. The van der Waals surface area contributed by atoms with E-state index < -0.39 is 29.9 Å². The molecule has 0 aliphatic carbocycles. The van der Waals surface area contributed by atoms with E-state index in [-0.39, 0.29) is 0 Å². The van der Waals surface area contributed by atoms with E-state index in [9.17, 15) is 27.9 Å². The zero-order chi connectivity index (χ0) is 28.5. The Balaban J connectivity index is 0.000000448. The van der Waals surface area contributed by atoms with Gasteiger partial charge >= 0.3 is 23.9 Å². The minimum absolute atomic E-state index is 0.310. The average molecular weight is 566 g/mol. The molecule has 0 saturated heterocycles. The Morgan fingerprint density at radius 3 is 2.51 bits per heavy atom. The first-order chi connectivity index (χ1) is 18.3. The van der Waals surface area contributed by atoms with Gasteiger partial charge in [0.2, 0.25) is 5.95 Å². The molecule has 0 amide bonds. The lowest BCUT2D eigenvalue weighted by molar-refractivity contribution is -0.192. The van der Waals surface area contributed by atoms with Crippen LogP contribution >= 0.6 is 11.6 Å². The quantitative estimate of drug-likeness (QED) is 0.263. The molecule has 4 N–H and O–H groups in total. The lowest BCUT2D eigenvalue weighted by Gasteiger charge is -2.12. The predicted molar refractivity (Wildman–Crippen MR) is 134 cm³/mol. The molecule has 0 fully saturated rings. The van der Waals surface area contributed by atoms with Crippen LogP contribution in [0, 0.1) is 0 Å². The number of nitrogens with zero attached hydrogens (tertiary/aromatic N) is 3. The molecule has 0 spiro atoms. The van der Waals surface area contributed by atoms with Crippen LogP contribution in [0.2, 0.25) is 5.02 Å². The van der Waals surface area contributed by atoms with Crippen LogP contribution in [0.5, 0.6) is 0 Å². The Morgan fingerprint density at radius 1 is 1.13 bits per heavy atom. The molecule has 0 radical (unpaired) electrons. The molecular formula is C24H19ClF3N5O6. The third kappa shape index (κ3) is 6.12. The minimum atomic E-state index is -5.08. The van der Waals surface area contributed by atoms with Crippen LogP contribution in [-0.2, 0) is 22.4 Å². The van der Waals surface area contributed by atoms with E-state index in [2.05, 4.69) is 20.6 Å². The highest BCUT2D eigenvalue weighted by Gasteiger charge is 2.38. The standard InChI is InChI=1S/C22H18ClN5O4.C2HF3O2/c1-11(20(29)30)28-17-9-15-8-13(18(17)32-22(28)31)6-5-12-3-2-4-14(7-12)26-21-24-10-16(23)19(25-15)27-21;3-2(4,5)1(6)7/h2-4,7-11H,5-6H2,1H3,(H,29,30)(H2,24,25,26,27);(H,6,7). The number of halogens is 4. The smallest absolute Gasteiger partial charge is 0.480 e. The van der Waals surface area contributed by atoms with Gasteiger partial charge in [0.15, 0.2) is 11.4 Å². The highest BCUT2D eigenvalue weighted by atomic mass is 35.5. The number of hydrogen-bond donors (Lipinski definition) is 4. The SMILES string of the molecule is CC(C(=O)O)n1c(=O)oc2c3cc(cc21)Nc1nc(ncc1Cl)Nc1cccc(c1)CC3.O=C(O)C(F)(F)F. The van der Waals surface area contributed by atoms with Crippen molar-refractivity contribution in [3.8, 4) is 0 Å². The van der Waals surface area contributed by atoms with Gasteiger partial charge < -0.3 is 25.3 Å². The summed E-state index contributed by atoms with van der Waals surface area (Å²) >= 11 is 6.31. The number of anilines is 4. The van der Waals surface area contributed by atoms with Crippen molar-refractivity contribution in [2.24, 2.45) is 0 Å². The molecular weight excluding hydrogens is 547 g/mol. The van der Waals surface area contributed by atoms with Crippen molar-refractivity contribution < 1.29 is 37.4 Å². The number of fused-ring (bicyclic) bond motifs is 8. The van der Waals surface area contributed by atoms with E-state index >= 15 is 0 Å². The zero-order valence-corrected chi connectivity index (χ0v) is 20.7. The summed E-state index contributed by atoms with van der Waals surface area (Å²) in [4.78, 5) is 41.7. The van der Waals surface area contributed by atoms with Gasteiger partial charge in [-0.25, -0.2) is 19.4 Å². The van der Waals surface area contributed by atoms with Gasteiger partial charge in [0, 0.05) is 11.4 Å². The second-order valence-electron chi connectivity index (χ2n) is 8.38. The zero-order valence-electron chi connectivity index (χ0n) is 19.9. The number of carboxylic acids is 2. The summed E-state index contributed by atoms with van der Waals surface area (Å²) in [7, 11) is 0. The molecule has 11 nitrogen and oxygen atoms in total. The van der Waals surface area contributed by atoms with Crippen molar-refractivity contribution in [3.05, 3.63) is 69.3 Å². The highest BCUT2D eigenvalue weighted by molar-refractivity contribution is 6.32. The van der Waals surface area contributed by atoms with Gasteiger partial charge in [0.25, 0.3) is 0 Å². The van der Waals surface area contributed by atoms with Gasteiger partial charge in [-0.15, -0.1) is 0 Å². The van der Waals surface area contributed by atoms with Crippen LogP contribution in [0.3, 0.4) is 0 Å². The van der Waals surface area contributed by atoms with Crippen LogP contribution < -0.4 is 16.4 Å². The van der Waals surface area contributed by atoms with E-state index in [4.69, 9.17) is 25.9 Å². The molecule has 5 rings (SSSR count). The van der Waals surface area contributed by atoms with E-state index in [0.29, 0.717) is 46.4 Å². The minimum Gasteiger partial charge on any atom is -0.480 e. The first-order valence-electron chi connectivity index (χ1n) is 11.2. The number of carboxylic acid groups (broad SMARTS) is 2. The molecule has 1 aliphatic rings. The predicted octanol–water partition coefficient (Wildman–Crippen LogP) is 4.90. The van der Waals surface area contributed by atoms with Crippen molar-refractivity contribution in [3.63, 3.8) is 0 Å².